The summed E-state index contributed by atoms with van der Waals surface area (Å²) >= 11 is 7.33. The van der Waals surface area contributed by atoms with Gasteiger partial charge in [-0.1, -0.05) is 41.6 Å². The normalized spacial score (nSPS) is 22.0. The Balaban J connectivity index is 1.32. The maximum Gasteiger partial charge on any atom is 0.251 e. The number of benzene rings is 2. The van der Waals surface area contributed by atoms with Gasteiger partial charge in [0.25, 0.3) is 5.91 Å². The molecule has 0 aromatic heterocycles. The first-order valence-corrected chi connectivity index (χ1v) is 12.3. The molecule has 0 spiro atoms. The minimum Gasteiger partial charge on any atom is -0.352 e. The lowest BCUT2D eigenvalue weighted by atomic mass is 10.1. The topological polar surface area (TPSA) is 87.6 Å². The van der Waals surface area contributed by atoms with Gasteiger partial charge in [-0.05, 0) is 42.3 Å². The smallest absolute Gasteiger partial charge is 0.251 e. The summed E-state index contributed by atoms with van der Waals surface area (Å²) in [6.07, 6.45) is 0.722. The van der Waals surface area contributed by atoms with Crippen molar-refractivity contribution < 1.29 is 13.2 Å². The predicted molar refractivity (Wildman–Crippen MR) is 119 cm³/mol. The molecule has 0 saturated carbocycles. The lowest BCUT2D eigenvalue weighted by Gasteiger charge is -2.09. The number of hydrogen-bond donors (Lipinski definition) is 2. The number of sulfone groups is 1. The van der Waals surface area contributed by atoms with Gasteiger partial charge in [-0.2, -0.15) is 0 Å². The van der Waals surface area contributed by atoms with Crippen LogP contribution in [0.4, 0.5) is 5.69 Å². The van der Waals surface area contributed by atoms with Crippen LogP contribution in [0.25, 0.3) is 0 Å². The van der Waals surface area contributed by atoms with Gasteiger partial charge in [0.15, 0.2) is 15.0 Å². The van der Waals surface area contributed by atoms with Crippen LogP contribution in [0, 0.1) is 0 Å². The van der Waals surface area contributed by atoms with E-state index in [9.17, 15) is 13.2 Å². The van der Waals surface area contributed by atoms with Crippen LogP contribution in [0.15, 0.2) is 53.5 Å². The second-order valence-corrected chi connectivity index (χ2v) is 10.9. The van der Waals surface area contributed by atoms with Crippen LogP contribution in [-0.4, -0.2) is 48.8 Å². The molecule has 1 amide bonds. The highest BCUT2D eigenvalue weighted by Gasteiger charge is 2.42. The first-order chi connectivity index (χ1) is 13.9. The van der Waals surface area contributed by atoms with Crippen molar-refractivity contribution in [2.24, 2.45) is 4.99 Å². The molecular weight excluding hydrogens is 430 g/mol. The number of anilines is 1. The number of carbonyl (C=O) groups is 1. The summed E-state index contributed by atoms with van der Waals surface area (Å²) in [5.74, 6) is 0.144. The molecule has 2 aromatic rings. The number of thioether (sulfide) groups is 1. The van der Waals surface area contributed by atoms with Crippen molar-refractivity contribution in [2.45, 2.75) is 17.7 Å². The van der Waals surface area contributed by atoms with Crippen LogP contribution in [0.1, 0.15) is 15.9 Å². The number of aliphatic imine (C=N–C) groups is 1. The van der Waals surface area contributed by atoms with Crippen LogP contribution < -0.4 is 10.6 Å². The summed E-state index contributed by atoms with van der Waals surface area (Å²) in [6.45, 7) is 0.526. The fraction of sp³-hybridized carbons (Fsp3) is 0.300. The van der Waals surface area contributed by atoms with Crippen molar-refractivity contribution in [3.05, 3.63) is 64.7 Å². The summed E-state index contributed by atoms with van der Waals surface area (Å²) in [6, 6.07) is 14.6. The van der Waals surface area contributed by atoms with E-state index in [4.69, 9.17) is 11.6 Å². The number of hydrogen-bond acceptors (Lipinski definition) is 6. The Morgan fingerprint density at radius 1 is 1.17 bits per heavy atom. The maximum absolute atomic E-state index is 12.4. The molecule has 29 heavy (non-hydrogen) atoms. The third kappa shape index (κ3) is 5.12. The third-order valence-electron chi connectivity index (χ3n) is 4.81. The Kier molecular flexibility index (Phi) is 5.85. The molecule has 0 radical (unpaired) electrons. The van der Waals surface area contributed by atoms with Gasteiger partial charge in [0.05, 0.1) is 17.5 Å². The molecule has 2 heterocycles. The second kappa shape index (κ2) is 8.38. The van der Waals surface area contributed by atoms with Gasteiger partial charge in [-0.15, -0.1) is 0 Å². The highest BCUT2D eigenvalue weighted by atomic mass is 35.5. The molecule has 2 N–H and O–H groups in total. The second-order valence-electron chi connectivity index (χ2n) is 7.07. The van der Waals surface area contributed by atoms with Crippen molar-refractivity contribution in [2.75, 3.05) is 23.4 Å². The third-order valence-corrected chi connectivity index (χ3v) is 8.20. The SMILES string of the molecule is O=C(NCCc1ccc(Cl)cc1)c1cccc(NC2=N[C@@H]3CS(=O)(=O)C[C@@H]3S2)c1. The van der Waals surface area contributed by atoms with Crippen LogP contribution in [0.2, 0.25) is 5.02 Å². The van der Waals surface area contributed by atoms with Gasteiger partial charge in [-0.3, -0.25) is 9.79 Å². The molecule has 2 aliphatic rings. The summed E-state index contributed by atoms with van der Waals surface area (Å²) < 4.78 is 23.3. The van der Waals surface area contributed by atoms with Gasteiger partial charge >= 0.3 is 0 Å². The molecule has 2 aliphatic heterocycles. The highest BCUT2D eigenvalue weighted by molar-refractivity contribution is 8.15. The summed E-state index contributed by atoms with van der Waals surface area (Å²) in [4.78, 5) is 16.9. The van der Waals surface area contributed by atoms with E-state index < -0.39 is 9.84 Å². The minimum atomic E-state index is -2.97. The van der Waals surface area contributed by atoms with E-state index in [0.717, 1.165) is 17.7 Å². The number of carbonyl (C=O) groups excluding carboxylic acids is 1. The first kappa shape index (κ1) is 20.3. The molecule has 0 unspecified atom stereocenters. The van der Waals surface area contributed by atoms with Crippen molar-refractivity contribution in [3.63, 3.8) is 0 Å². The molecule has 4 rings (SSSR count). The molecule has 0 bridgehead atoms. The number of halogens is 1. The molecule has 152 valence electrons. The van der Waals surface area contributed by atoms with Crippen molar-refractivity contribution in [3.8, 4) is 0 Å². The first-order valence-electron chi connectivity index (χ1n) is 9.23. The van der Waals surface area contributed by atoms with E-state index >= 15 is 0 Å². The molecule has 2 atom stereocenters. The summed E-state index contributed by atoms with van der Waals surface area (Å²) in [5.41, 5.74) is 2.41. The van der Waals surface area contributed by atoms with Crippen LogP contribution >= 0.6 is 23.4 Å². The number of nitrogens with zero attached hydrogens (tertiary/aromatic N) is 1. The van der Waals surface area contributed by atoms with Crippen molar-refractivity contribution in [1.29, 1.82) is 0 Å². The average molecular weight is 450 g/mol. The summed E-state index contributed by atoms with van der Waals surface area (Å²) in [5, 5.41) is 7.51. The standard InChI is InChI=1S/C20H20ClN3O3S2/c21-15-6-4-13(5-7-15)8-9-22-19(25)14-2-1-3-16(10-14)23-20-24-17-11-29(26,27)12-18(17)28-20/h1-7,10,17-18H,8-9,11-12H2,(H,22,25)(H,23,24)/t17-,18+/m1/s1. The highest BCUT2D eigenvalue weighted by Crippen LogP contribution is 2.34. The van der Waals surface area contributed by atoms with Gasteiger partial charge in [0.2, 0.25) is 0 Å². The predicted octanol–water partition coefficient (Wildman–Crippen LogP) is 2.99. The average Bonchev–Trinajstić information content (AvgIpc) is 3.16. The molecule has 9 heteroatoms. The Hall–Kier alpha value is -2.03. The van der Waals surface area contributed by atoms with E-state index in [2.05, 4.69) is 15.6 Å². The molecule has 2 aromatic carbocycles. The number of fused-ring (bicyclic) bond motifs is 1. The zero-order valence-corrected chi connectivity index (χ0v) is 17.9. The zero-order valence-electron chi connectivity index (χ0n) is 15.5. The molecule has 6 nitrogen and oxygen atoms in total. The van der Waals surface area contributed by atoms with Gasteiger partial charge in [-0.25, -0.2) is 8.42 Å². The monoisotopic (exact) mass is 449 g/mol. The Bertz CT molecular complexity index is 1050. The lowest BCUT2D eigenvalue weighted by Crippen LogP contribution is -2.25. The number of amidine groups is 1. The number of nitrogens with one attached hydrogen (secondary N) is 2. The van der Waals surface area contributed by atoms with Crippen LogP contribution in [-0.2, 0) is 16.3 Å². The fourth-order valence-corrected chi connectivity index (χ4v) is 7.15. The van der Waals surface area contributed by atoms with Gasteiger partial charge in [0, 0.05) is 28.1 Å². The van der Waals surface area contributed by atoms with Crippen LogP contribution in [0.5, 0.6) is 0 Å². The number of amides is 1. The number of rotatable bonds is 5. The fourth-order valence-electron chi connectivity index (χ4n) is 3.35. The van der Waals surface area contributed by atoms with Gasteiger partial charge < -0.3 is 10.6 Å². The van der Waals surface area contributed by atoms with Crippen molar-refractivity contribution in [1.82, 2.24) is 5.32 Å². The van der Waals surface area contributed by atoms with E-state index in [0.29, 0.717) is 22.3 Å². The minimum absolute atomic E-state index is 0.0122. The van der Waals surface area contributed by atoms with Crippen molar-refractivity contribution >= 4 is 50.0 Å². The van der Waals surface area contributed by atoms with E-state index in [1.54, 1.807) is 12.1 Å². The molecule has 1 fully saturated rings. The summed E-state index contributed by atoms with van der Waals surface area (Å²) in [7, 11) is -2.97. The Morgan fingerprint density at radius 3 is 2.72 bits per heavy atom. The van der Waals surface area contributed by atoms with E-state index in [-0.39, 0.29) is 28.7 Å². The van der Waals surface area contributed by atoms with Gasteiger partial charge in [0.1, 0.15) is 0 Å². The van der Waals surface area contributed by atoms with Crippen LogP contribution in [0.3, 0.4) is 0 Å². The van der Waals surface area contributed by atoms with E-state index in [1.165, 1.54) is 11.8 Å². The maximum atomic E-state index is 12.4. The molecule has 0 aliphatic carbocycles. The molecule has 1 saturated heterocycles. The molecular formula is C20H20ClN3O3S2. The Labute approximate surface area is 179 Å². The van der Waals surface area contributed by atoms with E-state index in [1.807, 2.05) is 36.4 Å². The largest absolute Gasteiger partial charge is 0.352 e. The zero-order chi connectivity index (χ0) is 20.4. The quantitative estimate of drug-likeness (QED) is 0.732. The lowest BCUT2D eigenvalue weighted by molar-refractivity contribution is 0.0954. The Morgan fingerprint density at radius 2 is 1.97 bits per heavy atom.